The van der Waals surface area contributed by atoms with Crippen molar-refractivity contribution in [3.05, 3.63) is 107 Å². The van der Waals surface area contributed by atoms with Crippen LogP contribution in [0.15, 0.2) is 78.9 Å². The van der Waals surface area contributed by atoms with Crippen molar-refractivity contribution >= 4 is 5.91 Å². The predicted molar refractivity (Wildman–Crippen MR) is 141 cm³/mol. The molecular formula is C31H39NO2. The van der Waals surface area contributed by atoms with Crippen LogP contribution in [-0.4, -0.2) is 18.1 Å². The highest BCUT2D eigenvalue weighted by Crippen LogP contribution is 2.15. The summed E-state index contributed by atoms with van der Waals surface area (Å²) in [4.78, 5) is 12.7. The van der Waals surface area contributed by atoms with E-state index in [0.717, 1.165) is 32.1 Å². The molecule has 0 heterocycles. The first-order valence-corrected chi connectivity index (χ1v) is 12.5. The van der Waals surface area contributed by atoms with Crippen molar-refractivity contribution in [2.45, 2.75) is 78.0 Å². The molecule has 0 aliphatic rings. The Labute approximate surface area is 205 Å². The molecule has 1 amide bonds. The average Bonchev–Trinajstić information content (AvgIpc) is 2.84. The van der Waals surface area contributed by atoms with Crippen LogP contribution >= 0.6 is 0 Å². The van der Waals surface area contributed by atoms with Gasteiger partial charge >= 0.3 is 0 Å². The maximum atomic E-state index is 12.7. The van der Waals surface area contributed by atoms with Crippen molar-refractivity contribution in [3.8, 4) is 0 Å². The van der Waals surface area contributed by atoms with Gasteiger partial charge in [0, 0.05) is 12.5 Å². The third-order valence-corrected chi connectivity index (χ3v) is 6.27. The fourth-order valence-electron chi connectivity index (χ4n) is 4.09. The molecule has 180 valence electrons. The number of carbonyl (C=O) groups excluding carboxylic acids is 1. The van der Waals surface area contributed by atoms with Gasteiger partial charge in [-0.1, -0.05) is 90.0 Å². The minimum atomic E-state index is 0.129. The molecule has 0 spiro atoms. The summed E-state index contributed by atoms with van der Waals surface area (Å²) in [6.45, 7) is 6.98. The first-order valence-electron chi connectivity index (χ1n) is 12.5. The first-order chi connectivity index (χ1) is 16.5. The van der Waals surface area contributed by atoms with Crippen LogP contribution < -0.4 is 5.32 Å². The fraction of sp³-hybridized carbons (Fsp3) is 0.387. The van der Waals surface area contributed by atoms with E-state index in [0.29, 0.717) is 13.0 Å². The lowest BCUT2D eigenvalue weighted by Crippen LogP contribution is -2.36. The molecule has 0 aliphatic heterocycles. The van der Waals surface area contributed by atoms with Crippen molar-refractivity contribution < 1.29 is 9.53 Å². The largest absolute Gasteiger partial charge is 0.374 e. The second-order valence-corrected chi connectivity index (χ2v) is 9.48. The smallest absolute Gasteiger partial charge is 0.220 e. The molecule has 3 aromatic carbocycles. The molecule has 0 bridgehead atoms. The Morgan fingerprint density at radius 3 is 2.06 bits per heavy atom. The Morgan fingerprint density at radius 2 is 1.41 bits per heavy atom. The van der Waals surface area contributed by atoms with E-state index in [9.17, 15) is 4.79 Å². The molecule has 34 heavy (non-hydrogen) atoms. The Morgan fingerprint density at radius 1 is 0.794 bits per heavy atom. The lowest BCUT2D eigenvalue weighted by atomic mass is 9.98. The van der Waals surface area contributed by atoms with Gasteiger partial charge in [0.15, 0.2) is 0 Å². The monoisotopic (exact) mass is 457 g/mol. The molecule has 3 rings (SSSR count). The lowest BCUT2D eigenvalue weighted by molar-refractivity contribution is -0.121. The van der Waals surface area contributed by atoms with Crippen molar-refractivity contribution in [2.75, 3.05) is 0 Å². The van der Waals surface area contributed by atoms with Gasteiger partial charge in [0.1, 0.15) is 0 Å². The predicted octanol–water partition coefficient (Wildman–Crippen LogP) is 6.74. The summed E-state index contributed by atoms with van der Waals surface area (Å²) in [6.07, 6.45) is 5.29. The van der Waals surface area contributed by atoms with Crippen molar-refractivity contribution in [3.63, 3.8) is 0 Å². The van der Waals surface area contributed by atoms with Gasteiger partial charge < -0.3 is 10.1 Å². The summed E-state index contributed by atoms with van der Waals surface area (Å²) in [5.41, 5.74) is 6.20. The van der Waals surface area contributed by atoms with Gasteiger partial charge in [-0.15, -0.1) is 0 Å². The Kier molecular flexibility index (Phi) is 10.4. The summed E-state index contributed by atoms with van der Waals surface area (Å²) < 4.78 is 6.06. The topological polar surface area (TPSA) is 38.3 Å². The molecule has 0 saturated carbocycles. The summed E-state index contributed by atoms with van der Waals surface area (Å²) in [5, 5.41) is 3.31. The number of ether oxygens (including phenoxy) is 1. The number of amides is 1. The third kappa shape index (κ3) is 9.52. The molecule has 0 aromatic heterocycles. The highest BCUT2D eigenvalue weighted by atomic mass is 16.5. The lowest BCUT2D eigenvalue weighted by Gasteiger charge is -2.20. The maximum absolute atomic E-state index is 12.7. The van der Waals surface area contributed by atoms with Gasteiger partial charge in [-0.3, -0.25) is 4.79 Å². The number of nitrogens with one attached hydrogen (secondary N) is 1. The van der Waals surface area contributed by atoms with Crippen LogP contribution in [0.2, 0.25) is 0 Å². The van der Waals surface area contributed by atoms with Crippen LogP contribution in [-0.2, 0) is 29.0 Å². The van der Waals surface area contributed by atoms with E-state index < -0.39 is 0 Å². The molecule has 3 heteroatoms. The Balaban J connectivity index is 1.47. The van der Waals surface area contributed by atoms with Crippen LogP contribution in [0, 0.1) is 13.8 Å². The summed E-state index contributed by atoms with van der Waals surface area (Å²) in [7, 11) is 0. The molecule has 3 nitrogen and oxygen atoms in total. The maximum Gasteiger partial charge on any atom is 0.220 e. The SMILES string of the molecule is Cc1ccc(COC(C)CCC[C@H](Cc2ccc(C)cc2)NC(=O)CCc2ccccc2)cc1. The standard InChI is InChI=1S/C31H39NO2/c1-24-12-16-28(17-13-24)22-30(32-31(33)21-20-27-9-5-4-6-10-27)11-7-8-26(3)34-23-29-18-14-25(2)15-19-29/h4-6,9-10,12-19,26,30H,7-8,11,20-23H2,1-3H3,(H,32,33)/t26?,30-/m1/s1. The van der Waals surface area contributed by atoms with Crippen LogP contribution in [0.1, 0.15) is 60.4 Å². The molecule has 1 N–H and O–H groups in total. The second-order valence-electron chi connectivity index (χ2n) is 9.48. The normalized spacial score (nSPS) is 12.8. The summed E-state index contributed by atoms with van der Waals surface area (Å²) in [6, 6.07) is 27.5. The minimum Gasteiger partial charge on any atom is -0.374 e. The van der Waals surface area contributed by atoms with E-state index in [-0.39, 0.29) is 18.1 Å². The Bertz CT molecular complexity index is 980. The van der Waals surface area contributed by atoms with Gasteiger partial charge in [0.05, 0.1) is 12.7 Å². The number of hydrogen-bond acceptors (Lipinski definition) is 2. The molecule has 0 aliphatic carbocycles. The quantitative estimate of drug-likeness (QED) is 0.309. The van der Waals surface area contributed by atoms with E-state index >= 15 is 0 Å². The van der Waals surface area contributed by atoms with Crippen molar-refractivity contribution in [1.82, 2.24) is 5.32 Å². The molecule has 1 unspecified atom stereocenters. The second kappa shape index (κ2) is 13.7. The van der Waals surface area contributed by atoms with E-state index in [1.165, 1.54) is 27.8 Å². The highest BCUT2D eigenvalue weighted by Gasteiger charge is 2.14. The van der Waals surface area contributed by atoms with Crippen LogP contribution in [0.25, 0.3) is 0 Å². The summed E-state index contributed by atoms with van der Waals surface area (Å²) in [5.74, 6) is 0.129. The van der Waals surface area contributed by atoms with E-state index in [1.807, 2.05) is 18.2 Å². The molecule has 0 radical (unpaired) electrons. The fourth-order valence-corrected chi connectivity index (χ4v) is 4.09. The first kappa shape index (κ1) is 25.7. The molecule has 3 aromatic rings. The summed E-state index contributed by atoms with van der Waals surface area (Å²) >= 11 is 0. The Hall–Kier alpha value is -2.91. The van der Waals surface area contributed by atoms with Gasteiger partial charge in [-0.05, 0) is 69.6 Å². The zero-order valence-electron chi connectivity index (χ0n) is 20.9. The van der Waals surface area contributed by atoms with Crippen LogP contribution in [0.4, 0.5) is 0 Å². The van der Waals surface area contributed by atoms with Crippen molar-refractivity contribution in [2.24, 2.45) is 0 Å². The van der Waals surface area contributed by atoms with Crippen molar-refractivity contribution in [1.29, 1.82) is 0 Å². The number of carbonyl (C=O) groups is 1. The highest BCUT2D eigenvalue weighted by molar-refractivity contribution is 5.76. The zero-order chi connectivity index (χ0) is 24.2. The van der Waals surface area contributed by atoms with Gasteiger partial charge in [0.2, 0.25) is 5.91 Å². The number of benzene rings is 3. The average molecular weight is 458 g/mol. The van der Waals surface area contributed by atoms with E-state index in [2.05, 4.69) is 86.8 Å². The van der Waals surface area contributed by atoms with Gasteiger partial charge in [0.25, 0.3) is 0 Å². The number of hydrogen-bond donors (Lipinski definition) is 1. The molecule has 0 fully saturated rings. The number of rotatable bonds is 13. The minimum absolute atomic E-state index is 0.129. The number of aryl methyl sites for hydroxylation is 3. The van der Waals surface area contributed by atoms with Gasteiger partial charge in [-0.25, -0.2) is 0 Å². The van der Waals surface area contributed by atoms with E-state index in [4.69, 9.17) is 4.74 Å². The molecule has 0 saturated heterocycles. The molecule has 2 atom stereocenters. The van der Waals surface area contributed by atoms with Gasteiger partial charge in [-0.2, -0.15) is 0 Å². The zero-order valence-corrected chi connectivity index (χ0v) is 20.9. The van der Waals surface area contributed by atoms with Crippen LogP contribution in [0.5, 0.6) is 0 Å². The molecular weight excluding hydrogens is 418 g/mol. The van der Waals surface area contributed by atoms with Crippen LogP contribution in [0.3, 0.4) is 0 Å². The third-order valence-electron chi connectivity index (χ3n) is 6.27. The van der Waals surface area contributed by atoms with E-state index in [1.54, 1.807) is 0 Å².